The Morgan fingerprint density at radius 3 is 2.15 bits per heavy atom. The summed E-state index contributed by atoms with van der Waals surface area (Å²) in [5, 5.41) is 2.67. The highest BCUT2D eigenvalue weighted by molar-refractivity contribution is 5.94. The SMILES string of the molecule is COC(=O)C=CC(=O)NC(C)(C)C. The molecule has 4 heteroatoms. The molecule has 13 heavy (non-hydrogen) atoms. The lowest BCUT2D eigenvalue weighted by Gasteiger charge is -2.18. The number of amides is 1. The summed E-state index contributed by atoms with van der Waals surface area (Å²) in [6.07, 6.45) is 2.23. The topological polar surface area (TPSA) is 55.4 Å². The molecule has 0 atom stereocenters. The van der Waals surface area contributed by atoms with Gasteiger partial charge in [0.2, 0.25) is 5.91 Å². The number of ether oxygens (including phenoxy) is 1. The Morgan fingerprint density at radius 2 is 1.77 bits per heavy atom. The van der Waals surface area contributed by atoms with Gasteiger partial charge in [-0.05, 0) is 20.8 Å². The summed E-state index contributed by atoms with van der Waals surface area (Å²) in [4.78, 5) is 21.7. The van der Waals surface area contributed by atoms with Crippen molar-refractivity contribution in [1.82, 2.24) is 5.32 Å². The average molecular weight is 185 g/mol. The number of rotatable bonds is 2. The normalized spacial score (nSPS) is 11.4. The minimum absolute atomic E-state index is 0.294. The van der Waals surface area contributed by atoms with Gasteiger partial charge < -0.3 is 10.1 Å². The molecule has 0 radical (unpaired) electrons. The Balaban J connectivity index is 4.02. The van der Waals surface area contributed by atoms with Gasteiger partial charge in [-0.2, -0.15) is 0 Å². The second kappa shape index (κ2) is 4.64. The van der Waals surface area contributed by atoms with Crippen LogP contribution in [0.5, 0.6) is 0 Å². The first-order valence-corrected chi connectivity index (χ1v) is 3.93. The smallest absolute Gasteiger partial charge is 0.330 e. The lowest BCUT2D eigenvalue weighted by atomic mass is 10.1. The number of carbonyl (C=O) groups is 2. The summed E-state index contributed by atoms with van der Waals surface area (Å²) >= 11 is 0. The molecule has 0 bridgehead atoms. The van der Waals surface area contributed by atoms with Crippen LogP contribution in [0.3, 0.4) is 0 Å². The second-order valence-corrected chi connectivity index (χ2v) is 3.60. The lowest BCUT2D eigenvalue weighted by Crippen LogP contribution is -2.39. The van der Waals surface area contributed by atoms with Crippen LogP contribution in [0.25, 0.3) is 0 Å². The first-order chi connectivity index (χ1) is 5.85. The molecule has 0 rings (SSSR count). The fourth-order valence-corrected chi connectivity index (χ4v) is 0.623. The molecule has 0 aliphatic rings. The largest absolute Gasteiger partial charge is 0.466 e. The number of hydrogen-bond acceptors (Lipinski definition) is 3. The van der Waals surface area contributed by atoms with Gasteiger partial charge in [-0.25, -0.2) is 4.79 Å². The number of carbonyl (C=O) groups excluding carboxylic acids is 2. The van der Waals surface area contributed by atoms with Gasteiger partial charge in [-0.1, -0.05) is 0 Å². The van der Waals surface area contributed by atoms with Crippen molar-refractivity contribution in [2.45, 2.75) is 26.3 Å². The number of esters is 1. The van der Waals surface area contributed by atoms with Crippen LogP contribution >= 0.6 is 0 Å². The first-order valence-electron chi connectivity index (χ1n) is 3.93. The van der Waals surface area contributed by atoms with Crippen LogP contribution in [0, 0.1) is 0 Å². The molecule has 0 aliphatic carbocycles. The molecule has 1 N–H and O–H groups in total. The summed E-state index contributed by atoms with van der Waals surface area (Å²) < 4.78 is 4.32. The van der Waals surface area contributed by atoms with Crippen LogP contribution in [-0.2, 0) is 14.3 Å². The van der Waals surface area contributed by atoms with Gasteiger partial charge in [0.25, 0.3) is 0 Å². The summed E-state index contributed by atoms with van der Waals surface area (Å²) in [7, 11) is 1.26. The van der Waals surface area contributed by atoms with E-state index in [-0.39, 0.29) is 11.4 Å². The van der Waals surface area contributed by atoms with Crippen LogP contribution in [0.4, 0.5) is 0 Å². The average Bonchev–Trinajstić information content (AvgIpc) is 1.97. The Morgan fingerprint density at radius 1 is 1.23 bits per heavy atom. The van der Waals surface area contributed by atoms with E-state index in [1.165, 1.54) is 7.11 Å². The summed E-state index contributed by atoms with van der Waals surface area (Å²) in [5.41, 5.74) is -0.294. The molecular formula is C9H15NO3. The van der Waals surface area contributed by atoms with Gasteiger partial charge in [0, 0.05) is 17.7 Å². The molecule has 0 saturated carbocycles. The highest BCUT2D eigenvalue weighted by Crippen LogP contribution is 1.97. The van der Waals surface area contributed by atoms with Gasteiger partial charge in [0.1, 0.15) is 0 Å². The molecular weight excluding hydrogens is 170 g/mol. The van der Waals surface area contributed by atoms with Crippen LogP contribution in [0.2, 0.25) is 0 Å². The van der Waals surface area contributed by atoms with Crippen LogP contribution in [0.1, 0.15) is 20.8 Å². The third kappa shape index (κ3) is 7.05. The van der Waals surface area contributed by atoms with Gasteiger partial charge in [0.15, 0.2) is 0 Å². The molecule has 0 spiro atoms. The van der Waals surface area contributed by atoms with E-state index in [4.69, 9.17) is 0 Å². The molecule has 0 saturated heterocycles. The monoisotopic (exact) mass is 185 g/mol. The number of hydrogen-bond donors (Lipinski definition) is 1. The Labute approximate surface area is 78.0 Å². The van der Waals surface area contributed by atoms with E-state index in [0.29, 0.717) is 0 Å². The van der Waals surface area contributed by atoms with E-state index in [1.54, 1.807) is 0 Å². The van der Waals surface area contributed by atoms with Crippen molar-refractivity contribution in [1.29, 1.82) is 0 Å². The Hall–Kier alpha value is -1.32. The standard InChI is InChI=1S/C9H15NO3/c1-9(2,3)10-7(11)5-6-8(12)13-4/h5-6H,1-4H3,(H,10,11). The van der Waals surface area contributed by atoms with E-state index in [0.717, 1.165) is 12.2 Å². The molecule has 1 amide bonds. The molecule has 0 fully saturated rings. The maximum absolute atomic E-state index is 11.1. The minimum Gasteiger partial charge on any atom is -0.466 e. The van der Waals surface area contributed by atoms with E-state index < -0.39 is 5.97 Å². The highest BCUT2D eigenvalue weighted by atomic mass is 16.5. The Kier molecular flexibility index (Phi) is 4.17. The molecule has 4 nitrogen and oxygen atoms in total. The lowest BCUT2D eigenvalue weighted by molar-refractivity contribution is -0.135. The maximum Gasteiger partial charge on any atom is 0.330 e. The van der Waals surface area contributed by atoms with E-state index >= 15 is 0 Å². The first kappa shape index (κ1) is 11.7. The van der Waals surface area contributed by atoms with Crippen molar-refractivity contribution >= 4 is 11.9 Å². The quantitative estimate of drug-likeness (QED) is 0.507. The van der Waals surface area contributed by atoms with Crippen molar-refractivity contribution in [3.8, 4) is 0 Å². The van der Waals surface area contributed by atoms with Gasteiger partial charge in [-0.15, -0.1) is 0 Å². The molecule has 0 aromatic carbocycles. The van der Waals surface area contributed by atoms with Crippen molar-refractivity contribution < 1.29 is 14.3 Å². The predicted molar refractivity (Wildman–Crippen MR) is 49.1 cm³/mol. The van der Waals surface area contributed by atoms with Gasteiger partial charge >= 0.3 is 5.97 Å². The van der Waals surface area contributed by atoms with Gasteiger partial charge in [-0.3, -0.25) is 4.79 Å². The zero-order valence-electron chi connectivity index (χ0n) is 8.38. The Bertz CT molecular complexity index is 226. The van der Waals surface area contributed by atoms with Crippen molar-refractivity contribution in [3.05, 3.63) is 12.2 Å². The van der Waals surface area contributed by atoms with Crippen molar-refractivity contribution in [2.24, 2.45) is 0 Å². The number of methoxy groups -OCH3 is 1. The van der Waals surface area contributed by atoms with Crippen LogP contribution in [0.15, 0.2) is 12.2 Å². The van der Waals surface area contributed by atoms with E-state index in [9.17, 15) is 9.59 Å². The van der Waals surface area contributed by atoms with E-state index in [1.807, 2.05) is 20.8 Å². The molecule has 0 aromatic heterocycles. The molecule has 74 valence electrons. The maximum atomic E-state index is 11.1. The third-order valence-corrected chi connectivity index (χ3v) is 1.07. The minimum atomic E-state index is -0.538. The third-order valence-electron chi connectivity index (χ3n) is 1.07. The summed E-state index contributed by atoms with van der Waals surface area (Å²) in [6, 6.07) is 0. The van der Waals surface area contributed by atoms with Crippen molar-refractivity contribution in [3.63, 3.8) is 0 Å². The number of nitrogens with one attached hydrogen (secondary N) is 1. The van der Waals surface area contributed by atoms with Gasteiger partial charge in [0.05, 0.1) is 7.11 Å². The zero-order valence-corrected chi connectivity index (χ0v) is 8.38. The fraction of sp³-hybridized carbons (Fsp3) is 0.556. The fourth-order valence-electron chi connectivity index (χ4n) is 0.623. The predicted octanol–water partition coefficient (Wildman–Crippen LogP) is 0.630. The molecule has 0 heterocycles. The van der Waals surface area contributed by atoms with Crippen molar-refractivity contribution in [2.75, 3.05) is 7.11 Å². The van der Waals surface area contributed by atoms with Crippen LogP contribution < -0.4 is 5.32 Å². The summed E-state index contributed by atoms with van der Waals surface area (Å²) in [5.74, 6) is -0.845. The zero-order chi connectivity index (χ0) is 10.5. The highest BCUT2D eigenvalue weighted by Gasteiger charge is 2.11. The molecule has 0 unspecified atom stereocenters. The summed E-state index contributed by atoms with van der Waals surface area (Å²) in [6.45, 7) is 5.57. The second-order valence-electron chi connectivity index (χ2n) is 3.60. The molecule has 0 aliphatic heterocycles. The van der Waals surface area contributed by atoms with Crippen LogP contribution in [-0.4, -0.2) is 24.5 Å². The molecule has 0 aromatic rings. The van der Waals surface area contributed by atoms with E-state index in [2.05, 4.69) is 10.1 Å².